The van der Waals surface area contributed by atoms with Crippen molar-refractivity contribution < 1.29 is 18.7 Å². The molecule has 0 amide bonds. The number of hydrogen-bond donors (Lipinski definition) is 1. The van der Waals surface area contributed by atoms with E-state index in [1.807, 2.05) is 24.3 Å². The van der Waals surface area contributed by atoms with E-state index in [9.17, 15) is 9.59 Å². The van der Waals surface area contributed by atoms with Crippen molar-refractivity contribution in [3.05, 3.63) is 69.5 Å². The van der Waals surface area contributed by atoms with Crippen LogP contribution in [-0.2, 0) is 4.74 Å². The highest BCUT2D eigenvalue weighted by Gasteiger charge is 2.23. The Morgan fingerprint density at radius 2 is 1.74 bits per heavy atom. The maximum Gasteiger partial charge on any atom is 0.336 e. The van der Waals surface area contributed by atoms with Gasteiger partial charge in [-0.15, -0.1) is 11.3 Å². The van der Waals surface area contributed by atoms with Gasteiger partial charge >= 0.3 is 11.3 Å². The fourth-order valence-electron chi connectivity index (χ4n) is 4.19. The minimum Gasteiger partial charge on any atom is -0.419 e. The number of benzene rings is 2. The molecule has 1 aliphatic rings. The standard InChI is InChI=1S/C25H25N3O6S/c29-12-14-32-13-11-27-7-9-28(10-8-27)24-17-16-26-18-3-1-2-4-20(18)35-21(17)15-19-25(24)34-23(31)6-5-22(30)33-19/h1-6,15-16,29H,7-14H2. The largest absolute Gasteiger partial charge is 0.419 e. The molecular weight excluding hydrogens is 470 g/mol. The first kappa shape index (κ1) is 23.4. The van der Waals surface area contributed by atoms with E-state index in [2.05, 4.69) is 9.80 Å². The molecule has 4 aromatic rings. The van der Waals surface area contributed by atoms with Crippen LogP contribution < -0.4 is 16.2 Å². The van der Waals surface area contributed by atoms with Gasteiger partial charge in [0, 0.05) is 67.2 Å². The van der Waals surface area contributed by atoms with Gasteiger partial charge in [0.1, 0.15) is 0 Å². The highest BCUT2D eigenvalue weighted by atomic mass is 32.1. The average molecular weight is 496 g/mol. The third-order valence-corrected chi connectivity index (χ3v) is 7.01. The Morgan fingerprint density at radius 1 is 0.971 bits per heavy atom. The fourth-order valence-corrected chi connectivity index (χ4v) is 5.22. The van der Waals surface area contributed by atoms with Crippen LogP contribution in [0.25, 0.3) is 31.5 Å². The number of piperazine rings is 1. The number of para-hydroxylation sites is 1. The van der Waals surface area contributed by atoms with E-state index in [0.717, 1.165) is 52.1 Å². The molecule has 1 N–H and O–H groups in total. The molecule has 182 valence electrons. The van der Waals surface area contributed by atoms with Gasteiger partial charge in [-0.25, -0.2) is 9.59 Å². The van der Waals surface area contributed by atoms with Gasteiger partial charge in [-0.05, 0) is 12.1 Å². The molecule has 0 aliphatic carbocycles. The van der Waals surface area contributed by atoms with Crippen LogP contribution in [0, 0.1) is 0 Å². The monoisotopic (exact) mass is 495 g/mol. The SMILES string of the molecule is O=c1ccc(=O)oc2c(N3CCN(CCOCCO)CC3)c3cnc4ccccc4sc3cc2o1. The number of hydrogen-bond acceptors (Lipinski definition) is 10. The van der Waals surface area contributed by atoms with Crippen molar-refractivity contribution in [2.75, 3.05) is 57.4 Å². The topological polar surface area (TPSA) is 109 Å². The van der Waals surface area contributed by atoms with Crippen LogP contribution in [0.15, 0.2) is 67.1 Å². The van der Waals surface area contributed by atoms with Crippen LogP contribution in [-0.4, -0.2) is 67.5 Å². The predicted octanol–water partition coefficient (Wildman–Crippen LogP) is 2.76. The van der Waals surface area contributed by atoms with Crippen molar-refractivity contribution in [3.8, 4) is 0 Å². The molecule has 10 heteroatoms. The zero-order chi connectivity index (χ0) is 24.2. The van der Waals surface area contributed by atoms with E-state index in [4.69, 9.17) is 23.7 Å². The number of anilines is 1. The number of rotatable bonds is 6. The smallest absolute Gasteiger partial charge is 0.336 e. The minimum absolute atomic E-state index is 0.0138. The van der Waals surface area contributed by atoms with Gasteiger partial charge in [0.25, 0.3) is 0 Å². The molecule has 0 unspecified atom stereocenters. The van der Waals surface area contributed by atoms with E-state index in [0.29, 0.717) is 32.0 Å². The Hall–Kier alpha value is -3.31. The number of fused-ring (bicyclic) bond motifs is 3. The number of ether oxygens (including phenoxy) is 1. The molecule has 0 radical (unpaired) electrons. The second-order valence-electron chi connectivity index (χ2n) is 8.13. The summed E-state index contributed by atoms with van der Waals surface area (Å²) in [5.41, 5.74) is 0.704. The molecule has 9 nitrogen and oxygen atoms in total. The first-order chi connectivity index (χ1) is 17.1. The van der Waals surface area contributed by atoms with Crippen molar-refractivity contribution >= 4 is 48.5 Å². The van der Waals surface area contributed by atoms with Gasteiger partial charge in [-0.2, -0.15) is 0 Å². The quantitative estimate of drug-likeness (QED) is 0.404. The first-order valence-electron chi connectivity index (χ1n) is 11.4. The van der Waals surface area contributed by atoms with E-state index in [-0.39, 0.29) is 17.8 Å². The summed E-state index contributed by atoms with van der Waals surface area (Å²) in [6.07, 6.45) is 1.79. The molecule has 5 rings (SSSR count). The van der Waals surface area contributed by atoms with Gasteiger partial charge < -0.3 is 23.6 Å². The molecular formula is C25H25N3O6S. The highest BCUT2D eigenvalue weighted by molar-refractivity contribution is 7.24. The van der Waals surface area contributed by atoms with Gasteiger partial charge in [-0.1, -0.05) is 12.1 Å². The van der Waals surface area contributed by atoms with E-state index in [1.54, 1.807) is 12.3 Å². The highest BCUT2D eigenvalue weighted by Crippen LogP contribution is 2.37. The maximum atomic E-state index is 12.4. The second kappa shape index (κ2) is 10.5. The average Bonchev–Trinajstić information content (AvgIpc) is 3.04. The zero-order valence-electron chi connectivity index (χ0n) is 19.0. The molecule has 2 aromatic heterocycles. The summed E-state index contributed by atoms with van der Waals surface area (Å²) in [5.74, 6) is 0. The Bertz CT molecular complexity index is 1520. The first-order valence-corrected chi connectivity index (χ1v) is 12.2. The van der Waals surface area contributed by atoms with E-state index < -0.39 is 11.3 Å². The molecule has 2 aromatic carbocycles. The Labute approximate surface area is 204 Å². The number of aliphatic hydroxyl groups excluding tert-OH is 1. The van der Waals surface area contributed by atoms with Crippen molar-refractivity contribution in [1.29, 1.82) is 0 Å². The molecule has 1 saturated heterocycles. The van der Waals surface area contributed by atoms with Crippen LogP contribution in [0.1, 0.15) is 0 Å². The predicted molar refractivity (Wildman–Crippen MR) is 136 cm³/mol. The number of aromatic nitrogens is 1. The summed E-state index contributed by atoms with van der Waals surface area (Å²) in [4.78, 5) is 33.8. The summed E-state index contributed by atoms with van der Waals surface area (Å²) in [6, 6.07) is 11.7. The third-order valence-electron chi connectivity index (χ3n) is 5.88. The lowest BCUT2D eigenvalue weighted by molar-refractivity contribution is 0.0724. The summed E-state index contributed by atoms with van der Waals surface area (Å²) < 4.78 is 18.5. The molecule has 0 saturated carbocycles. The Balaban J connectivity index is 1.65. The van der Waals surface area contributed by atoms with Crippen molar-refractivity contribution in [3.63, 3.8) is 0 Å². The Kier molecular flexibility index (Phi) is 7.05. The van der Waals surface area contributed by atoms with E-state index >= 15 is 0 Å². The summed E-state index contributed by atoms with van der Waals surface area (Å²) in [7, 11) is 0. The van der Waals surface area contributed by atoms with Crippen molar-refractivity contribution in [2.45, 2.75) is 0 Å². The van der Waals surface area contributed by atoms with Crippen molar-refractivity contribution in [1.82, 2.24) is 9.88 Å². The lowest BCUT2D eigenvalue weighted by Crippen LogP contribution is -2.47. The number of nitrogens with zero attached hydrogens (tertiary/aromatic N) is 3. The van der Waals surface area contributed by atoms with E-state index in [1.165, 1.54) is 11.3 Å². The number of aliphatic hydroxyl groups is 1. The molecule has 1 aliphatic heterocycles. The zero-order valence-corrected chi connectivity index (χ0v) is 19.8. The molecule has 0 bridgehead atoms. The second-order valence-corrected chi connectivity index (χ2v) is 9.22. The van der Waals surface area contributed by atoms with Gasteiger partial charge in [-0.3, -0.25) is 9.88 Å². The lowest BCUT2D eigenvalue weighted by atomic mass is 10.1. The molecule has 35 heavy (non-hydrogen) atoms. The summed E-state index contributed by atoms with van der Waals surface area (Å²) >= 11 is 1.54. The van der Waals surface area contributed by atoms with Crippen LogP contribution in [0.4, 0.5) is 5.69 Å². The van der Waals surface area contributed by atoms with Crippen LogP contribution >= 0.6 is 11.3 Å². The maximum absolute atomic E-state index is 12.4. The summed E-state index contributed by atoms with van der Waals surface area (Å²) in [6.45, 7) is 4.57. The summed E-state index contributed by atoms with van der Waals surface area (Å²) in [5, 5.41) is 9.70. The van der Waals surface area contributed by atoms with Crippen LogP contribution in [0.3, 0.4) is 0 Å². The van der Waals surface area contributed by atoms with Gasteiger partial charge in [0.15, 0.2) is 11.2 Å². The Morgan fingerprint density at radius 3 is 2.54 bits per heavy atom. The normalized spacial score (nSPS) is 14.6. The minimum atomic E-state index is -0.634. The van der Waals surface area contributed by atoms with Crippen molar-refractivity contribution in [2.24, 2.45) is 0 Å². The third kappa shape index (κ3) is 5.20. The fraction of sp³-hybridized carbons (Fsp3) is 0.320. The lowest BCUT2D eigenvalue weighted by Gasteiger charge is -2.36. The molecule has 0 atom stereocenters. The van der Waals surface area contributed by atoms with Gasteiger partial charge in [0.2, 0.25) is 0 Å². The van der Waals surface area contributed by atoms with Gasteiger partial charge in [0.05, 0.1) is 35.7 Å². The molecule has 3 heterocycles. The van der Waals surface area contributed by atoms with Crippen LogP contribution in [0.5, 0.6) is 0 Å². The molecule has 0 spiro atoms. The van der Waals surface area contributed by atoms with Crippen LogP contribution in [0.2, 0.25) is 0 Å². The molecule has 1 fully saturated rings.